The Labute approximate surface area is 169 Å². The Balaban J connectivity index is 1.62. The molecule has 4 aromatic rings. The first-order valence-corrected chi connectivity index (χ1v) is 10.2. The molecule has 0 spiro atoms. The maximum absolute atomic E-state index is 13.4. The molecule has 0 amide bonds. The van der Waals surface area contributed by atoms with Crippen LogP contribution in [-0.4, -0.2) is 27.4 Å². The first-order valence-electron chi connectivity index (χ1n) is 10.2. The summed E-state index contributed by atoms with van der Waals surface area (Å²) in [5.41, 5.74) is 1.91. The van der Waals surface area contributed by atoms with E-state index in [0.717, 1.165) is 48.4 Å². The highest BCUT2D eigenvalue weighted by atomic mass is 16.2. The standard InChI is InChI=1S/C24H24N4O/c29-24-27(17-20-10-6-9-18-8-4-5-14-22(18)20)26-23(19-11-7-15-25-16-19)28(24)21-12-2-1-3-13-21/h1-6,8-10,12-14,19,25H,7,11,15-17H2. The third-order valence-corrected chi connectivity index (χ3v) is 5.74. The number of para-hydroxylation sites is 1. The van der Waals surface area contributed by atoms with Crippen LogP contribution in [0.15, 0.2) is 77.6 Å². The number of rotatable bonds is 4. The predicted molar refractivity (Wildman–Crippen MR) is 116 cm³/mol. The molecule has 0 radical (unpaired) electrons. The van der Waals surface area contributed by atoms with Gasteiger partial charge in [0.25, 0.3) is 0 Å². The van der Waals surface area contributed by atoms with Gasteiger partial charge in [0.2, 0.25) is 0 Å². The fourth-order valence-electron chi connectivity index (χ4n) is 4.28. The normalized spacial score (nSPS) is 16.9. The molecule has 1 saturated heterocycles. The lowest BCUT2D eigenvalue weighted by Gasteiger charge is -2.22. The number of aromatic nitrogens is 3. The molecule has 5 heteroatoms. The van der Waals surface area contributed by atoms with Crippen LogP contribution in [0.3, 0.4) is 0 Å². The Morgan fingerprint density at radius 1 is 0.966 bits per heavy atom. The van der Waals surface area contributed by atoms with E-state index in [1.807, 2.05) is 48.5 Å². The lowest BCUT2D eigenvalue weighted by molar-refractivity contribution is 0.439. The van der Waals surface area contributed by atoms with Crippen LogP contribution in [0.25, 0.3) is 16.5 Å². The van der Waals surface area contributed by atoms with Crippen molar-refractivity contribution in [3.05, 3.63) is 94.7 Å². The number of nitrogens with one attached hydrogen (secondary N) is 1. The van der Waals surface area contributed by atoms with Gasteiger partial charge in [0.1, 0.15) is 5.82 Å². The van der Waals surface area contributed by atoms with Crippen molar-refractivity contribution in [2.45, 2.75) is 25.3 Å². The molecule has 1 aliphatic heterocycles. The van der Waals surface area contributed by atoms with Crippen molar-refractivity contribution in [2.24, 2.45) is 0 Å². The SMILES string of the molecule is O=c1n(Cc2cccc3ccccc23)nc(C2CCCNC2)n1-c1ccccc1. The minimum atomic E-state index is -0.0790. The van der Waals surface area contributed by atoms with Gasteiger partial charge in [-0.1, -0.05) is 60.7 Å². The summed E-state index contributed by atoms with van der Waals surface area (Å²) in [5, 5.41) is 10.6. The van der Waals surface area contributed by atoms with E-state index in [2.05, 4.69) is 29.6 Å². The summed E-state index contributed by atoms with van der Waals surface area (Å²) in [6.07, 6.45) is 2.15. The summed E-state index contributed by atoms with van der Waals surface area (Å²) >= 11 is 0. The summed E-state index contributed by atoms with van der Waals surface area (Å²) in [5.74, 6) is 1.10. The molecule has 1 aromatic heterocycles. The molecule has 5 rings (SSSR count). The van der Waals surface area contributed by atoms with Gasteiger partial charge in [0.15, 0.2) is 0 Å². The molecule has 2 heterocycles. The number of benzene rings is 3. The highest BCUT2D eigenvalue weighted by molar-refractivity contribution is 5.85. The quantitative estimate of drug-likeness (QED) is 0.584. The largest absolute Gasteiger partial charge is 0.350 e. The maximum Gasteiger partial charge on any atom is 0.350 e. The minimum absolute atomic E-state index is 0.0790. The zero-order valence-corrected chi connectivity index (χ0v) is 16.3. The van der Waals surface area contributed by atoms with Gasteiger partial charge in [0.05, 0.1) is 12.2 Å². The predicted octanol–water partition coefficient (Wildman–Crippen LogP) is 3.70. The first-order chi connectivity index (χ1) is 14.3. The molecule has 1 N–H and O–H groups in total. The van der Waals surface area contributed by atoms with E-state index in [1.54, 1.807) is 9.25 Å². The summed E-state index contributed by atoms with van der Waals surface area (Å²) < 4.78 is 3.42. The third kappa shape index (κ3) is 3.38. The zero-order valence-electron chi connectivity index (χ0n) is 16.3. The van der Waals surface area contributed by atoms with Crippen LogP contribution in [0.4, 0.5) is 0 Å². The van der Waals surface area contributed by atoms with Gasteiger partial charge in [-0.3, -0.25) is 0 Å². The molecule has 146 valence electrons. The second-order valence-electron chi connectivity index (χ2n) is 7.65. The van der Waals surface area contributed by atoms with Gasteiger partial charge < -0.3 is 5.32 Å². The van der Waals surface area contributed by atoms with Gasteiger partial charge in [-0.05, 0) is 47.9 Å². The molecule has 0 aliphatic carbocycles. The Hall–Kier alpha value is -3.18. The third-order valence-electron chi connectivity index (χ3n) is 5.74. The summed E-state index contributed by atoms with van der Waals surface area (Å²) in [6.45, 7) is 2.35. The van der Waals surface area contributed by atoms with Gasteiger partial charge in [-0.2, -0.15) is 5.10 Å². The highest BCUT2D eigenvalue weighted by Gasteiger charge is 2.25. The van der Waals surface area contributed by atoms with Crippen LogP contribution in [0.2, 0.25) is 0 Å². The lowest BCUT2D eigenvalue weighted by atomic mass is 9.99. The first kappa shape index (κ1) is 17.9. The molecule has 3 aromatic carbocycles. The fourth-order valence-corrected chi connectivity index (χ4v) is 4.28. The van der Waals surface area contributed by atoms with Crippen molar-refractivity contribution in [1.82, 2.24) is 19.7 Å². The molecule has 5 nitrogen and oxygen atoms in total. The van der Waals surface area contributed by atoms with Crippen molar-refractivity contribution >= 4 is 10.8 Å². The van der Waals surface area contributed by atoms with E-state index in [0.29, 0.717) is 6.54 Å². The van der Waals surface area contributed by atoms with E-state index >= 15 is 0 Å². The molecule has 29 heavy (non-hydrogen) atoms. The Morgan fingerprint density at radius 3 is 2.59 bits per heavy atom. The van der Waals surface area contributed by atoms with Gasteiger partial charge in [-0.25, -0.2) is 14.0 Å². The number of hydrogen-bond acceptors (Lipinski definition) is 3. The van der Waals surface area contributed by atoms with Crippen molar-refractivity contribution in [1.29, 1.82) is 0 Å². The number of nitrogens with zero attached hydrogens (tertiary/aromatic N) is 3. The topological polar surface area (TPSA) is 51.9 Å². The average molecular weight is 384 g/mol. The van der Waals surface area contributed by atoms with E-state index in [1.165, 1.54) is 5.39 Å². The van der Waals surface area contributed by atoms with E-state index in [-0.39, 0.29) is 11.6 Å². The molecule has 1 aliphatic rings. The highest BCUT2D eigenvalue weighted by Crippen LogP contribution is 2.24. The van der Waals surface area contributed by atoms with E-state index in [4.69, 9.17) is 5.10 Å². The van der Waals surface area contributed by atoms with Crippen molar-refractivity contribution in [3.8, 4) is 5.69 Å². The zero-order chi connectivity index (χ0) is 19.6. The monoisotopic (exact) mass is 384 g/mol. The van der Waals surface area contributed by atoms with E-state index < -0.39 is 0 Å². The van der Waals surface area contributed by atoms with Gasteiger partial charge >= 0.3 is 5.69 Å². The minimum Gasteiger partial charge on any atom is -0.316 e. The van der Waals surface area contributed by atoms with Gasteiger partial charge in [0, 0.05) is 12.5 Å². The van der Waals surface area contributed by atoms with Crippen LogP contribution in [0.5, 0.6) is 0 Å². The van der Waals surface area contributed by atoms with E-state index in [9.17, 15) is 4.79 Å². The average Bonchev–Trinajstić information content (AvgIpc) is 3.11. The summed E-state index contributed by atoms with van der Waals surface area (Å²) in [6, 6.07) is 24.4. The molecule has 0 bridgehead atoms. The van der Waals surface area contributed by atoms with Gasteiger partial charge in [-0.15, -0.1) is 0 Å². The van der Waals surface area contributed by atoms with Crippen molar-refractivity contribution in [2.75, 3.05) is 13.1 Å². The van der Waals surface area contributed by atoms with Crippen LogP contribution < -0.4 is 11.0 Å². The number of hydrogen-bond donors (Lipinski definition) is 1. The number of fused-ring (bicyclic) bond motifs is 1. The molecule has 1 unspecified atom stereocenters. The Bertz CT molecular complexity index is 1180. The Morgan fingerprint density at radius 2 is 1.76 bits per heavy atom. The van der Waals surface area contributed by atoms with Crippen molar-refractivity contribution < 1.29 is 0 Å². The molecule has 1 atom stereocenters. The lowest BCUT2D eigenvalue weighted by Crippen LogP contribution is -2.31. The molecule has 0 saturated carbocycles. The maximum atomic E-state index is 13.4. The van der Waals surface area contributed by atoms with Crippen LogP contribution in [-0.2, 0) is 6.54 Å². The second-order valence-corrected chi connectivity index (χ2v) is 7.65. The summed E-state index contributed by atoms with van der Waals surface area (Å²) in [7, 11) is 0. The van der Waals surface area contributed by atoms with Crippen LogP contribution >= 0.6 is 0 Å². The molecular weight excluding hydrogens is 360 g/mol. The Kier molecular flexibility index (Phi) is 4.74. The molecule has 1 fully saturated rings. The smallest absolute Gasteiger partial charge is 0.316 e. The van der Waals surface area contributed by atoms with Crippen LogP contribution in [0.1, 0.15) is 30.1 Å². The van der Waals surface area contributed by atoms with Crippen LogP contribution in [0, 0.1) is 0 Å². The number of piperidine rings is 1. The molecular formula is C24H24N4O. The fraction of sp³-hybridized carbons (Fsp3) is 0.250. The summed E-state index contributed by atoms with van der Waals surface area (Å²) in [4.78, 5) is 13.4. The van der Waals surface area contributed by atoms with Crippen molar-refractivity contribution in [3.63, 3.8) is 0 Å². The second kappa shape index (κ2) is 7.68.